The number of aromatic carboxylic acids is 1. The van der Waals surface area contributed by atoms with Crippen LogP contribution in [-0.4, -0.2) is 59.4 Å². The first-order valence-corrected chi connectivity index (χ1v) is 18.8. The summed E-state index contributed by atoms with van der Waals surface area (Å²) in [6.45, 7) is 0.780. The van der Waals surface area contributed by atoms with Crippen LogP contribution in [0.25, 0.3) is 0 Å². The van der Waals surface area contributed by atoms with Crippen LogP contribution in [0.3, 0.4) is 0 Å². The van der Waals surface area contributed by atoms with Crippen molar-refractivity contribution in [3.63, 3.8) is 0 Å². The monoisotopic (exact) mass is 794 g/mol. The van der Waals surface area contributed by atoms with E-state index in [0.29, 0.717) is 42.0 Å². The molecule has 0 aromatic heterocycles. The molecule has 0 atom stereocenters. The van der Waals surface area contributed by atoms with Gasteiger partial charge in [-0.3, -0.25) is 0 Å². The summed E-state index contributed by atoms with van der Waals surface area (Å²) in [6.07, 6.45) is 0.505. The summed E-state index contributed by atoms with van der Waals surface area (Å²) in [6, 6.07) is 47.2. The molecular weight excluding hydrogens is 759 g/mol. The van der Waals surface area contributed by atoms with Gasteiger partial charge >= 0.3 is 23.0 Å². The van der Waals surface area contributed by atoms with E-state index < -0.39 is 13.2 Å². The normalized spacial score (nSPS) is 12.5. The van der Waals surface area contributed by atoms with Crippen molar-refractivity contribution in [3.05, 3.63) is 162 Å². The maximum Gasteiger partial charge on any atom is 2.00 e. The standard InChI is InChI=1S/C39H37N6O3PS2.Cu/c1-40-38(50)44-42-36(30-22-24-31(25-23-30)37(46)47)35(29-14-6-2-7-15-29)43-45-39(51)41-26-27-48-28-49(32-16-8-3-9-17-32,33-18-10-4-11-19-33)34-20-12-5-13-21-34;/h2-25H,26-28H2,1H3,(H4-,40,41,42,43,44,45,46,47,50,51);/q;+2/p-1. The van der Waals surface area contributed by atoms with Crippen LogP contribution in [0, 0.1) is 0 Å². The summed E-state index contributed by atoms with van der Waals surface area (Å²) in [7, 11) is -0.495. The maximum absolute atomic E-state index is 11.5. The van der Waals surface area contributed by atoms with Gasteiger partial charge in [0.2, 0.25) is 0 Å². The fraction of sp³-hybridized carbons (Fsp3) is 0.103. The molecule has 1 radical (unpaired) electrons. The van der Waals surface area contributed by atoms with Crippen LogP contribution in [0.1, 0.15) is 21.5 Å². The molecule has 5 aromatic carbocycles. The summed E-state index contributed by atoms with van der Waals surface area (Å²) >= 11 is 10.8. The second-order valence-corrected chi connectivity index (χ2v) is 15.2. The van der Waals surface area contributed by atoms with Crippen LogP contribution in [0.2, 0.25) is 0 Å². The van der Waals surface area contributed by atoms with Crippen molar-refractivity contribution in [1.82, 2.24) is 10.6 Å². The minimum Gasteiger partial charge on any atom is -0.741 e. The number of carboxylic acid groups (broad SMARTS) is 1. The number of nitrogens with zero attached hydrogens (tertiary/aromatic N) is 4. The minimum absolute atomic E-state index is 0. The Balaban J connectivity index is 0.00000605. The number of benzene rings is 5. The van der Waals surface area contributed by atoms with E-state index in [1.165, 1.54) is 28.0 Å². The Hall–Kier alpha value is -4.80. The molecule has 0 saturated carbocycles. The van der Waals surface area contributed by atoms with Gasteiger partial charge in [-0.15, -0.1) is 10.2 Å². The molecular formula is C39H36CuN6O3PS2+. The van der Waals surface area contributed by atoms with Gasteiger partial charge in [0.1, 0.15) is 34.6 Å². The Morgan fingerprint density at radius 2 is 1.02 bits per heavy atom. The molecule has 267 valence electrons. The minimum atomic E-state index is -2.14. The second kappa shape index (κ2) is 20.3. The van der Waals surface area contributed by atoms with E-state index in [-0.39, 0.29) is 33.0 Å². The van der Waals surface area contributed by atoms with Gasteiger partial charge in [-0.05, 0) is 58.9 Å². The van der Waals surface area contributed by atoms with Crippen molar-refractivity contribution in [2.45, 2.75) is 0 Å². The Bertz CT molecular complexity index is 1910. The molecule has 0 heterocycles. The molecule has 13 heteroatoms. The zero-order chi connectivity index (χ0) is 35.9. The summed E-state index contributed by atoms with van der Waals surface area (Å²) in [5.41, 5.74) is 2.09. The van der Waals surface area contributed by atoms with Crippen molar-refractivity contribution in [1.29, 1.82) is 0 Å². The number of hydrogen-bond donors (Lipinski definition) is 3. The first-order valence-electron chi connectivity index (χ1n) is 16.0. The Kier molecular flexibility index (Phi) is 15.6. The van der Waals surface area contributed by atoms with Crippen molar-refractivity contribution in [3.8, 4) is 0 Å². The van der Waals surface area contributed by atoms with Gasteiger partial charge in [-0.1, -0.05) is 97.1 Å². The number of hydrogen-bond acceptors (Lipinski definition) is 8. The number of rotatable bonds is 14. The smallest absolute Gasteiger partial charge is 0.741 e. The van der Waals surface area contributed by atoms with Crippen LogP contribution < -0.4 is 26.5 Å². The SMILES string of the molecule is CN/C([S-])=N/N=C(/C(=N/N=C(\[S-])NCCOC[P+](c1ccccc1)(c1ccccc1)c1ccccc1)c1ccccc1)c1ccc(C(=O)O)cc1.[Cu+2]. The van der Waals surface area contributed by atoms with Crippen LogP contribution in [0.15, 0.2) is 166 Å². The molecule has 0 aliphatic heterocycles. The number of carboxylic acids is 1. The van der Waals surface area contributed by atoms with E-state index in [2.05, 4.69) is 104 Å². The van der Waals surface area contributed by atoms with Gasteiger partial charge in [0.15, 0.2) is 6.35 Å². The van der Waals surface area contributed by atoms with Gasteiger partial charge < -0.3 is 45.7 Å². The van der Waals surface area contributed by atoms with Crippen molar-refractivity contribution in [2.75, 3.05) is 26.5 Å². The zero-order valence-corrected chi connectivity index (χ0v) is 31.6. The predicted octanol–water partition coefficient (Wildman–Crippen LogP) is 5.07. The zero-order valence-electron chi connectivity index (χ0n) is 28.1. The van der Waals surface area contributed by atoms with Gasteiger partial charge in [0.25, 0.3) is 0 Å². The predicted molar refractivity (Wildman–Crippen MR) is 216 cm³/mol. The van der Waals surface area contributed by atoms with Gasteiger partial charge in [-0.2, -0.15) is 10.2 Å². The molecule has 5 rings (SSSR count). The fourth-order valence-electron chi connectivity index (χ4n) is 5.28. The fourth-order valence-corrected chi connectivity index (χ4v) is 9.25. The van der Waals surface area contributed by atoms with Crippen LogP contribution in [-0.2, 0) is 47.1 Å². The molecule has 0 spiro atoms. The van der Waals surface area contributed by atoms with Crippen molar-refractivity contribution < 1.29 is 31.7 Å². The summed E-state index contributed by atoms with van der Waals surface area (Å²) < 4.78 is 6.45. The average Bonchev–Trinajstić information content (AvgIpc) is 3.19. The van der Waals surface area contributed by atoms with E-state index in [0.717, 1.165) is 0 Å². The number of carbonyl (C=O) groups is 1. The maximum atomic E-state index is 11.5. The Morgan fingerprint density at radius 1 is 0.615 bits per heavy atom. The third-order valence-electron chi connectivity index (χ3n) is 7.77. The molecule has 5 aromatic rings. The largest absolute Gasteiger partial charge is 2.00 e. The van der Waals surface area contributed by atoms with E-state index in [9.17, 15) is 9.90 Å². The average molecular weight is 795 g/mol. The van der Waals surface area contributed by atoms with E-state index in [1.54, 1.807) is 19.2 Å². The number of amidine groups is 2. The number of ether oxygens (including phenoxy) is 1. The summed E-state index contributed by atoms with van der Waals surface area (Å²) in [5.74, 6) is -1.04. The van der Waals surface area contributed by atoms with Gasteiger partial charge in [0.05, 0.1) is 12.2 Å². The number of nitrogens with one attached hydrogen (secondary N) is 2. The van der Waals surface area contributed by atoms with Crippen LogP contribution in [0.5, 0.6) is 0 Å². The van der Waals surface area contributed by atoms with Gasteiger partial charge in [-0.25, -0.2) is 4.79 Å². The van der Waals surface area contributed by atoms with Gasteiger partial charge in [0, 0.05) is 24.7 Å². The molecule has 0 aliphatic rings. The molecule has 0 saturated heterocycles. The molecule has 0 bridgehead atoms. The molecule has 0 aliphatic carbocycles. The Labute approximate surface area is 326 Å². The third kappa shape index (κ3) is 10.4. The second-order valence-electron chi connectivity index (χ2n) is 11.0. The molecule has 3 N–H and O–H groups in total. The quantitative estimate of drug-likeness (QED) is 0.0273. The van der Waals surface area contributed by atoms with Crippen LogP contribution in [0.4, 0.5) is 0 Å². The topological polar surface area (TPSA) is 120 Å². The molecule has 0 fully saturated rings. The van der Waals surface area contributed by atoms with E-state index in [1.807, 2.05) is 48.5 Å². The molecule has 52 heavy (non-hydrogen) atoms. The first-order chi connectivity index (χ1) is 24.9. The molecule has 9 nitrogen and oxygen atoms in total. The summed E-state index contributed by atoms with van der Waals surface area (Å²) in [4.78, 5) is 11.5. The van der Waals surface area contributed by atoms with Crippen LogP contribution >= 0.6 is 7.26 Å². The summed E-state index contributed by atoms with van der Waals surface area (Å²) in [5, 5.41) is 36.7. The third-order valence-corrected chi connectivity index (χ3v) is 12.4. The van der Waals surface area contributed by atoms with Crippen molar-refractivity contribution >= 4 is 76.2 Å². The molecule has 0 unspecified atom stereocenters. The molecule has 0 amide bonds. The van der Waals surface area contributed by atoms with E-state index in [4.69, 9.17) is 30.0 Å². The van der Waals surface area contributed by atoms with Crippen molar-refractivity contribution in [2.24, 2.45) is 20.4 Å². The van der Waals surface area contributed by atoms with E-state index >= 15 is 0 Å². The Morgan fingerprint density at radius 3 is 1.46 bits per heavy atom. The first kappa shape index (κ1) is 40.0.